The van der Waals surface area contributed by atoms with Gasteiger partial charge in [-0.15, -0.1) is 0 Å². The third-order valence-electron chi connectivity index (χ3n) is 7.98. The summed E-state index contributed by atoms with van der Waals surface area (Å²) in [6.07, 6.45) is 5.28. The molecular formula is C25H50N4O. The smallest absolute Gasteiger partial charge is 0.0594 e. The molecule has 0 aromatic heterocycles. The first-order chi connectivity index (χ1) is 14.0. The maximum Gasteiger partial charge on any atom is 0.0594 e. The van der Waals surface area contributed by atoms with E-state index in [1.165, 1.54) is 51.9 Å². The molecule has 1 N–H and O–H groups in total. The Balaban J connectivity index is 1.55. The van der Waals surface area contributed by atoms with Gasteiger partial charge in [0.2, 0.25) is 0 Å². The molecule has 0 aromatic carbocycles. The van der Waals surface area contributed by atoms with Crippen LogP contribution in [0.25, 0.3) is 0 Å². The van der Waals surface area contributed by atoms with Crippen molar-refractivity contribution in [2.45, 2.75) is 96.8 Å². The van der Waals surface area contributed by atoms with Crippen LogP contribution in [0.5, 0.6) is 0 Å². The number of hydrogen-bond donors (Lipinski definition) is 1. The summed E-state index contributed by atoms with van der Waals surface area (Å²) in [5, 5.41) is 3.84. The van der Waals surface area contributed by atoms with E-state index in [2.05, 4.69) is 68.5 Å². The molecule has 176 valence electrons. The number of likely N-dealkylation sites (tertiary alicyclic amines) is 1. The molecular weight excluding hydrogens is 372 g/mol. The minimum atomic E-state index is 0.227. The van der Waals surface area contributed by atoms with Gasteiger partial charge in [-0.05, 0) is 86.6 Å². The van der Waals surface area contributed by atoms with Crippen LogP contribution in [-0.4, -0.2) is 96.4 Å². The van der Waals surface area contributed by atoms with Crippen molar-refractivity contribution in [3.8, 4) is 0 Å². The Bertz CT molecular complexity index is 536. The van der Waals surface area contributed by atoms with Gasteiger partial charge in [0.05, 0.1) is 13.2 Å². The molecule has 0 saturated carbocycles. The maximum absolute atomic E-state index is 5.58. The van der Waals surface area contributed by atoms with E-state index in [9.17, 15) is 0 Å². The van der Waals surface area contributed by atoms with E-state index in [1.807, 2.05) is 0 Å². The largest absolute Gasteiger partial charge is 0.379 e. The van der Waals surface area contributed by atoms with Crippen molar-refractivity contribution < 1.29 is 4.74 Å². The number of ether oxygens (including phenoxy) is 1. The van der Waals surface area contributed by atoms with Crippen molar-refractivity contribution in [1.29, 1.82) is 0 Å². The average Bonchev–Trinajstić information content (AvgIpc) is 2.68. The monoisotopic (exact) mass is 422 g/mol. The first-order valence-electron chi connectivity index (χ1n) is 12.5. The molecule has 3 rings (SSSR count). The quantitative estimate of drug-likeness (QED) is 0.709. The van der Waals surface area contributed by atoms with E-state index in [0.717, 1.165) is 38.8 Å². The van der Waals surface area contributed by atoms with Crippen LogP contribution in [0.2, 0.25) is 0 Å². The highest BCUT2D eigenvalue weighted by atomic mass is 16.5. The fraction of sp³-hybridized carbons (Fsp3) is 1.00. The van der Waals surface area contributed by atoms with E-state index in [0.29, 0.717) is 11.6 Å². The fourth-order valence-corrected chi connectivity index (χ4v) is 6.09. The lowest BCUT2D eigenvalue weighted by Crippen LogP contribution is -2.61. The van der Waals surface area contributed by atoms with Gasteiger partial charge in [-0.25, -0.2) is 0 Å². The van der Waals surface area contributed by atoms with Crippen LogP contribution in [0.4, 0.5) is 0 Å². The molecule has 2 unspecified atom stereocenters. The summed E-state index contributed by atoms with van der Waals surface area (Å²) in [6, 6.07) is 0.577. The molecule has 3 aliphatic rings. The van der Waals surface area contributed by atoms with Crippen molar-refractivity contribution in [2.75, 3.05) is 59.0 Å². The van der Waals surface area contributed by atoms with Crippen molar-refractivity contribution in [2.24, 2.45) is 5.92 Å². The first kappa shape index (κ1) is 24.4. The second-order valence-corrected chi connectivity index (χ2v) is 12.4. The summed E-state index contributed by atoms with van der Waals surface area (Å²) in [6.45, 7) is 26.9. The standard InChI is InChI=1S/C25H50N4O/c1-23(2,3)28-11-8-9-21(19-28)17-24(4,5)29-12-10-26-22(20-29)18-25(6,7)27-13-15-30-16-14-27/h21-22,26H,8-20H2,1-7H3. The Morgan fingerprint density at radius 3 is 2.10 bits per heavy atom. The van der Waals surface area contributed by atoms with Gasteiger partial charge in [0.25, 0.3) is 0 Å². The van der Waals surface area contributed by atoms with Gasteiger partial charge >= 0.3 is 0 Å². The van der Waals surface area contributed by atoms with Gasteiger partial charge in [-0.2, -0.15) is 0 Å². The predicted molar refractivity (Wildman–Crippen MR) is 127 cm³/mol. The van der Waals surface area contributed by atoms with Gasteiger partial charge < -0.3 is 10.1 Å². The van der Waals surface area contributed by atoms with Gasteiger partial charge in [0.15, 0.2) is 0 Å². The van der Waals surface area contributed by atoms with Gasteiger partial charge in [0.1, 0.15) is 0 Å². The molecule has 0 bridgehead atoms. The second-order valence-electron chi connectivity index (χ2n) is 12.4. The highest BCUT2D eigenvalue weighted by Crippen LogP contribution is 2.33. The molecule has 0 aliphatic carbocycles. The summed E-state index contributed by atoms with van der Waals surface area (Å²) in [5.74, 6) is 0.825. The third kappa shape index (κ3) is 6.41. The van der Waals surface area contributed by atoms with Gasteiger partial charge in [-0.1, -0.05) is 0 Å². The zero-order valence-electron chi connectivity index (χ0n) is 21.1. The number of rotatable bonds is 6. The lowest BCUT2D eigenvalue weighted by molar-refractivity contribution is -0.0230. The molecule has 0 radical (unpaired) electrons. The van der Waals surface area contributed by atoms with E-state index < -0.39 is 0 Å². The van der Waals surface area contributed by atoms with Gasteiger partial charge in [-0.3, -0.25) is 14.7 Å². The number of piperazine rings is 1. The predicted octanol–water partition coefficient (Wildman–Crippen LogP) is 3.44. The number of piperidine rings is 1. The Morgan fingerprint density at radius 1 is 0.767 bits per heavy atom. The molecule has 3 aliphatic heterocycles. The van der Waals surface area contributed by atoms with Crippen LogP contribution in [0.15, 0.2) is 0 Å². The van der Waals surface area contributed by atoms with E-state index in [4.69, 9.17) is 4.74 Å². The summed E-state index contributed by atoms with van der Waals surface area (Å²) in [7, 11) is 0. The normalized spacial score (nSPS) is 29.3. The minimum absolute atomic E-state index is 0.227. The number of hydrogen-bond acceptors (Lipinski definition) is 5. The van der Waals surface area contributed by atoms with Crippen LogP contribution < -0.4 is 5.32 Å². The summed E-state index contributed by atoms with van der Waals surface area (Å²) in [4.78, 5) is 8.13. The highest BCUT2D eigenvalue weighted by Gasteiger charge is 2.38. The zero-order chi connectivity index (χ0) is 22.0. The van der Waals surface area contributed by atoms with Crippen LogP contribution >= 0.6 is 0 Å². The SMILES string of the molecule is CC(C)(C)N1CCCC(CC(C)(C)N2CCNC(CC(C)(C)N3CCOCC3)C2)C1. The number of morpholine rings is 1. The molecule has 0 amide bonds. The molecule has 2 atom stereocenters. The Labute approximate surface area is 186 Å². The maximum atomic E-state index is 5.58. The lowest BCUT2D eigenvalue weighted by Gasteiger charge is -2.49. The van der Waals surface area contributed by atoms with Crippen molar-refractivity contribution in [3.05, 3.63) is 0 Å². The van der Waals surface area contributed by atoms with Crippen molar-refractivity contribution >= 4 is 0 Å². The molecule has 0 spiro atoms. The van der Waals surface area contributed by atoms with E-state index in [-0.39, 0.29) is 11.1 Å². The van der Waals surface area contributed by atoms with Crippen LogP contribution in [0.3, 0.4) is 0 Å². The molecule has 3 fully saturated rings. The van der Waals surface area contributed by atoms with Crippen LogP contribution in [0.1, 0.15) is 74.1 Å². The summed E-state index contributed by atoms with van der Waals surface area (Å²) >= 11 is 0. The molecule has 5 nitrogen and oxygen atoms in total. The van der Waals surface area contributed by atoms with Crippen LogP contribution in [-0.2, 0) is 4.74 Å². The Morgan fingerprint density at radius 2 is 1.43 bits per heavy atom. The molecule has 0 aromatic rings. The highest BCUT2D eigenvalue weighted by molar-refractivity contribution is 4.96. The topological polar surface area (TPSA) is 31.0 Å². The van der Waals surface area contributed by atoms with E-state index in [1.54, 1.807) is 0 Å². The fourth-order valence-electron chi connectivity index (χ4n) is 6.09. The number of nitrogens with one attached hydrogen (secondary N) is 1. The zero-order valence-corrected chi connectivity index (χ0v) is 21.1. The molecule has 3 heterocycles. The molecule has 5 heteroatoms. The third-order valence-corrected chi connectivity index (χ3v) is 7.98. The molecule has 3 saturated heterocycles. The summed E-state index contributed by atoms with van der Waals surface area (Å²) in [5.41, 5.74) is 0.800. The average molecular weight is 423 g/mol. The second kappa shape index (κ2) is 9.74. The summed E-state index contributed by atoms with van der Waals surface area (Å²) < 4.78 is 5.58. The Kier molecular flexibility index (Phi) is 7.94. The first-order valence-corrected chi connectivity index (χ1v) is 12.5. The van der Waals surface area contributed by atoms with Crippen LogP contribution in [0, 0.1) is 5.92 Å². The van der Waals surface area contributed by atoms with Gasteiger partial charge in [0, 0.05) is 61.9 Å². The van der Waals surface area contributed by atoms with Crippen molar-refractivity contribution in [1.82, 2.24) is 20.0 Å². The Hall–Kier alpha value is -0.200. The van der Waals surface area contributed by atoms with E-state index >= 15 is 0 Å². The molecule has 30 heavy (non-hydrogen) atoms. The van der Waals surface area contributed by atoms with Crippen molar-refractivity contribution in [3.63, 3.8) is 0 Å². The number of nitrogens with zero attached hydrogens (tertiary/aromatic N) is 3. The minimum Gasteiger partial charge on any atom is -0.379 e. The lowest BCUT2D eigenvalue weighted by atomic mass is 9.82.